The lowest BCUT2D eigenvalue weighted by Gasteiger charge is -2.08. The van der Waals surface area contributed by atoms with Crippen LogP contribution in [-0.4, -0.2) is 26.9 Å². The molecule has 6 nitrogen and oxygen atoms in total. The zero-order valence-electron chi connectivity index (χ0n) is 12.1. The van der Waals surface area contributed by atoms with Gasteiger partial charge in [0.1, 0.15) is 0 Å². The number of nitrogens with zero attached hydrogens (tertiary/aromatic N) is 3. The number of nitro benzene ring substituents is 1. The van der Waals surface area contributed by atoms with E-state index in [1.807, 2.05) is 0 Å². The molecule has 1 aromatic carbocycles. The molecule has 1 aromatic heterocycles. The van der Waals surface area contributed by atoms with Gasteiger partial charge < -0.3 is 0 Å². The summed E-state index contributed by atoms with van der Waals surface area (Å²) in [6.07, 6.45) is 2.16. The first-order chi connectivity index (χ1) is 10.5. The lowest BCUT2D eigenvalue weighted by Crippen LogP contribution is -2.20. The minimum atomic E-state index is -0.512. The highest BCUT2D eigenvalue weighted by Gasteiger charge is 2.12. The molecule has 0 atom stereocenters. The van der Waals surface area contributed by atoms with Gasteiger partial charge in [-0.05, 0) is 18.9 Å². The third-order valence-corrected chi connectivity index (χ3v) is 4.36. The van der Waals surface area contributed by atoms with Crippen LogP contribution in [0.15, 0.2) is 28.2 Å². The number of non-ortho nitro benzene ring substituents is 1. The molecule has 0 aliphatic heterocycles. The van der Waals surface area contributed by atoms with E-state index < -0.39 is 4.92 Å². The largest absolute Gasteiger partial charge is 0.290 e. The summed E-state index contributed by atoms with van der Waals surface area (Å²) >= 11 is 1.40. The Hall–Kier alpha value is -1.96. The van der Waals surface area contributed by atoms with E-state index in [1.54, 1.807) is 7.05 Å². The molecule has 2 rings (SSSR count). The van der Waals surface area contributed by atoms with E-state index in [-0.39, 0.29) is 17.9 Å². The second-order valence-corrected chi connectivity index (χ2v) is 5.88. The summed E-state index contributed by atoms with van der Waals surface area (Å²) in [6.45, 7) is -0.318. The molecule has 0 amide bonds. The van der Waals surface area contributed by atoms with Crippen LogP contribution in [0.25, 0.3) is 10.9 Å². The molecular weight excluding hydrogens is 309 g/mol. The fourth-order valence-corrected chi connectivity index (χ4v) is 2.99. The molecule has 2 aromatic rings. The molecule has 118 valence electrons. The predicted molar refractivity (Wildman–Crippen MR) is 84.2 cm³/mol. The summed E-state index contributed by atoms with van der Waals surface area (Å²) in [5.41, 5.74) is 0.00173. The normalized spacial score (nSPS) is 11.0. The second kappa shape index (κ2) is 7.35. The van der Waals surface area contributed by atoms with Gasteiger partial charge in [-0.15, -0.1) is 0 Å². The molecule has 1 heterocycles. The Balaban J connectivity index is 2.28. The fraction of sp³-hybridized carbons (Fsp3) is 0.429. The highest BCUT2D eigenvalue weighted by molar-refractivity contribution is 7.99. The van der Waals surface area contributed by atoms with Gasteiger partial charge in [0.05, 0.1) is 22.5 Å². The van der Waals surface area contributed by atoms with E-state index in [0.29, 0.717) is 22.5 Å². The van der Waals surface area contributed by atoms with Crippen molar-refractivity contribution in [1.82, 2.24) is 9.55 Å². The first-order valence-corrected chi connectivity index (χ1v) is 7.87. The van der Waals surface area contributed by atoms with E-state index in [1.165, 1.54) is 34.5 Å². The third-order valence-electron chi connectivity index (χ3n) is 3.24. The maximum Gasteiger partial charge on any atom is 0.271 e. The van der Waals surface area contributed by atoms with Crippen LogP contribution in [0.3, 0.4) is 0 Å². The number of rotatable bonds is 7. The molecule has 22 heavy (non-hydrogen) atoms. The van der Waals surface area contributed by atoms with Crippen LogP contribution in [0.2, 0.25) is 0 Å². The van der Waals surface area contributed by atoms with Crippen LogP contribution in [0, 0.1) is 10.1 Å². The number of hydrogen-bond donors (Lipinski definition) is 0. The molecule has 0 radical (unpaired) electrons. The van der Waals surface area contributed by atoms with Crippen LogP contribution >= 0.6 is 11.8 Å². The molecule has 0 unspecified atom stereocenters. The Labute approximate surface area is 130 Å². The van der Waals surface area contributed by atoms with Crippen LogP contribution in [0.4, 0.5) is 10.1 Å². The summed E-state index contributed by atoms with van der Waals surface area (Å²) in [5.74, 6) is 0.723. The summed E-state index contributed by atoms with van der Waals surface area (Å²) in [7, 11) is 1.63. The van der Waals surface area contributed by atoms with Gasteiger partial charge in [-0.2, -0.15) is 0 Å². The Bertz CT molecular complexity index is 748. The van der Waals surface area contributed by atoms with E-state index in [0.717, 1.165) is 18.6 Å². The summed E-state index contributed by atoms with van der Waals surface area (Å²) in [5, 5.41) is 11.7. The monoisotopic (exact) mass is 325 g/mol. The summed E-state index contributed by atoms with van der Waals surface area (Å²) in [4.78, 5) is 26.9. The molecule has 0 N–H and O–H groups in total. The van der Waals surface area contributed by atoms with Crippen molar-refractivity contribution in [3.63, 3.8) is 0 Å². The SMILES string of the molecule is Cn1c(SCCCCCF)nc2cc([N+](=O)[O-])ccc2c1=O. The van der Waals surface area contributed by atoms with Crippen molar-refractivity contribution in [2.75, 3.05) is 12.4 Å². The van der Waals surface area contributed by atoms with Crippen molar-refractivity contribution in [3.05, 3.63) is 38.7 Å². The standard InChI is InChI=1S/C14H16FN3O3S/c1-17-13(19)11-6-5-10(18(20)21)9-12(11)16-14(17)22-8-4-2-3-7-15/h5-6,9H,2-4,7-8H2,1H3. The number of fused-ring (bicyclic) bond motifs is 1. The maximum atomic E-state index is 12.3. The average molecular weight is 325 g/mol. The fourth-order valence-electron chi connectivity index (χ4n) is 2.02. The Kier molecular flexibility index (Phi) is 5.48. The molecule has 0 fully saturated rings. The van der Waals surface area contributed by atoms with Crippen molar-refractivity contribution in [3.8, 4) is 0 Å². The van der Waals surface area contributed by atoms with Gasteiger partial charge >= 0.3 is 0 Å². The number of alkyl halides is 1. The molecule has 0 aliphatic rings. The quantitative estimate of drug-likeness (QED) is 0.257. The number of halogens is 1. The van der Waals surface area contributed by atoms with Gasteiger partial charge in [0, 0.05) is 24.9 Å². The van der Waals surface area contributed by atoms with E-state index >= 15 is 0 Å². The van der Waals surface area contributed by atoms with Crippen LogP contribution in [0.1, 0.15) is 19.3 Å². The van der Waals surface area contributed by atoms with Crippen LogP contribution in [0.5, 0.6) is 0 Å². The van der Waals surface area contributed by atoms with Gasteiger partial charge in [-0.25, -0.2) is 4.98 Å². The highest BCUT2D eigenvalue weighted by atomic mass is 32.2. The minimum Gasteiger partial charge on any atom is -0.290 e. The number of unbranched alkanes of at least 4 members (excludes halogenated alkanes) is 2. The van der Waals surface area contributed by atoms with Gasteiger partial charge in [0.25, 0.3) is 11.2 Å². The van der Waals surface area contributed by atoms with E-state index in [4.69, 9.17) is 0 Å². The van der Waals surface area contributed by atoms with Crippen molar-refractivity contribution >= 4 is 28.4 Å². The second-order valence-electron chi connectivity index (χ2n) is 4.82. The molecule has 0 spiro atoms. The molecule has 0 aliphatic carbocycles. The maximum absolute atomic E-state index is 12.3. The number of aromatic nitrogens is 2. The zero-order chi connectivity index (χ0) is 16.1. The lowest BCUT2D eigenvalue weighted by molar-refractivity contribution is -0.384. The van der Waals surface area contributed by atoms with Crippen molar-refractivity contribution in [2.24, 2.45) is 7.05 Å². The number of nitro groups is 1. The molecule has 0 saturated carbocycles. The number of hydrogen-bond acceptors (Lipinski definition) is 5. The third kappa shape index (κ3) is 3.62. The number of thioether (sulfide) groups is 1. The predicted octanol–water partition coefficient (Wildman–Crippen LogP) is 3.07. The van der Waals surface area contributed by atoms with E-state index in [2.05, 4.69) is 4.98 Å². The van der Waals surface area contributed by atoms with E-state index in [9.17, 15) is 19.3 Å². The average Bonchev–Trinajstić information content (AvgIpc) is 2.51. The highest BCUT2D eigenvalue weighted by Crippen LogP contribution is 2.21. The van der Waals surface area contributed by atoms with Gasteiger partial charge in [0.2, 0.25) is 0 Å². The topological polar surface area (TPSA) is 78.0 Å². The summed E-state index contributed by atoms with van der Waals surface area (Å²) < 4.78 is 13.5. The van der Waals surface area contributed by atoms with Gasteiger partial charge in [-0.1, -0.05) is 18.2 Å². The minimum absolute atomic E-state index is 0.0906. The zero-order valence-corrected chi connectivity index (χ0v) is 12.9. The molecular formula is C14H16FN3O3S. The smallest absolute Gasteiger partial charge is 0.271 e. The Morgan fingerprint density at radius 1 is 1.36 bits per heavy atom. The lowest BCUT2D eigenvalue weighted by atomic mass is 10.2. The number of benzene rings is 1. The first-order valence-electron chi connectivity index (χ1n) is 6.88. The van der Waals surface area contributed by atoms with Crippen LogP contribution < -0.4 is 5.56 Å². The Morgan fingerprint density at radius 2 is 2.14 bits per heavy atom. The Morgan fingerprint density at radius 3 is 2.82 bits per heavy atom. The molecule has 8 heteroatoms. The summed E-state index contributed by atoms with van der Waals surface area (Å²) in [6, 6.07) is 4.04. The first kappa shape index (κ1) is 16.4. The molecule has 0 saturated heterocycles. The van der Waals surface area contributed by atoms with Gasteiger partial charge in [-0.3, -0.25) is 23.9 Å². The van der Waals surface area contributed by atoms with Crippen LogP contribution in [-0.2, 0) is 7.05 Å². The van der Waals surface area contributed by atoms with Crippen molar-refractivity contribution < 1.29 is 9.31 Å². The molecule has 0 bridgehead atoms. The van der Waals surface area contributed by atoms with Gasteiger partial charge in [0.15, 0.2) is 5.16 Å². The van der Waals surface area contributed by atoms with Crippen molar-refractivity contribution in [1.29, 1.82) is 0 Å². The van der Waals surface area contributed by atoms with Crippen molar-refractivity contribution in [2.45, 2.75) is 24.4 Å².